The third-order valence-electron chi connectivity index (χ3n) is 4.10. The summed E-state index contributed by atoms with van der Waals surface area (Å²) >= 11 is 1.50. The van der Waals surface area contributed by atoms with E-state index in [-0.39, 0.29) is 5.91 Å². The molecule has 2 aromatic rings. The van der Waals surface area contributed by atoms with E-state index in [0.29, 0.717) is 18.0 Å². The first kappa shape index (κ1) is 19.2. The van der Waals surface area contributed by atoms with Crippen LogP contribution in [0.5, 0.6) is 11.5 Å². The molecule has 0 aliphatic carbocycles. The van der Waals surface area contributed by atoms with Crippen molar-refractivity contribution in [2.45, 2.75) is 40.2 Å². The normalized spacial score (nSPS) is 10.6. The molecule has 0 aliphatic heterocycles. The minimum atomic E-state index is 0.00605. The number of aryl methyl sites for hydroxylation is 3. The van der Waals surface area contributed by atoms with Gasteiger partial charge < -0.3 is 14.4 Å². The number of aromatic nitrogens is 1. The lowest BCUT2D eigenvalue weighted by Gasteiger charge is -2.19. The second-order valence-electron chi connectivity index (χ2n) is 6.07. The van der Waals surface area contributed by atoms with Crippen molar-refractivity contribution in [2.75, 3.05) is 21.3 Å². The lowest BCUT2D eigenvalue weighted by molar-refractivity contribution is 0.0788. The molecule has 6 heteroatoms. The molecule has 0 aliphatic rings. The lowest BCUT2D eigenvalue weighted by atomic mass is 10.1. The van der Waals surface area contributed by atoms with Crippen LogP contribution < -0.4 is 9.47 Å². The number of rotatable bonds is 7. The van der Waals surface area contributed by atoms with Crippen molar-refractivity contribution in [3.63, 3.8) is 0 Å². The fourth-order valence-electron chi connectivity index (χ4n) is 2.67. The number of methoxy groups -OCH3 is 2. The van der Waals surface area contributed by atoms with Gasteiger partial charge in [-0.2, -0.15) is 0 Å². The Bertz CT molecular complexity index is 755. The van der Waals surface area contributed by atoms with Gasteiger partial charge in [0, 0.05) is 13.6 Å². The molecule has 5 nitrogen and oxygen atoms in total. The number of ether oxygens (including phenoxy) is 2. The monoisotopic (exact) mass is 362 g/mol. The van der Waals surface area contributed by atoms with Crippen LogP contribution in [-0.2, 0) is 13.0 Å². The van der Waals surface area contributed by atoms with Crippen molar-refractivity contribution in [2.24, 2.45) is 0 Å². The molecule has 1 aromatic carbocycles. The standard InChI is InChI=1S/C19H26N2O3S/c1-7-8-17-20-13(3)18(25-17)19(22)21(4)11-14-10-16(24-6)15(23-5)9-12(14)2/h9-10H,7-8,11H2,1-6H3. The van der Waals surface area contributed by atoms with Gasteiger partial charge in [-0.15, -0.1) is 11.3 Å². The summed E-state index contributed by atoms with van der Waals surface area (Å²) in [5, 5.41) is 1.03. The fourth-order valence-corrected chi connectivity index (χ4v) is 3.83. The van der Waals surface area contributed by atoms with E-state index in [9.17, 15) is 4.79 Å². The molecule has 2 rings (SSSR count). The zero-order valence-corrected chi connectivity index (χ0v) is 16.6. The first-order valence-corrected chi connectivity index (χ1v) is 9.16. The van der Waals surface area contributed by atoms with Crippen LogP contribution >= 0.6 is 11.3 Å². The maximum Gasteiger partial charge on any atom is 0.265 e. The van der Waals surface area contributed by atoms with Gasteiger partial charge in [0.25, 0.3) is 5.91 Å². The van der Waals surface area contributed by atoms with Crippen molar-refractivity contribution in [3.8, 4) is 11.5 Å². The summed E-state index contributed by atoms with van der Waals surface area (Å²) in [5.74, 6) is 1.37. The van der Waals surface area contributed by atoms with Crippen LogP contribution in [0.15, 0.2) is 12.1 Å². The molecule has 0 bridgehead atoms. The highest BCUT2D eigenvalue weighted by atomic mass is 32.1. The van der Waals surface area contributed by atoms with Gasteiger partial charge in [0.15, 0.2) is 11.5 Å². The van der Waals surface area contributed by atoms with E-state index in [4.69, 9.17) is 9.47 Å². The number of thiazole rings is 1. The van der Waals surface area contributed by atoms with Crippen molar-refractivity contribution < 1.29 is 14.3 Å². The fraction of sp³-hybridized carbons (Fsp3) is 0.474. The summed E-state index contributed by atoms with van der Waals surface area (Å²) in [6.45, 7) is 6.53. The van der Waals surface area contributed by atoms with E-state index < -0.39 is 0 Å². The van der Waals surface area contributed by atoms with Crippen LogP contribution in [0.3, 0.4) is 0 Å². The van der Waals surface area contributed by atoms with Crippen LogP contribution in [0.1, 0.15) is 44.8 Å². The molecule has 1 amide bonds. The van der Waals surface area contributed by atoms with E-state index >= 15 is 0 Å². The van der Waals surface area contributed by atoms with Gasteiger partial charge in [-0.3, -0.25) is 4.79 Å². The van der Waals surface area contributed by atoms with Gasteiger partial charge in [-0.1, -0.05) is 6.92 Å². The molecule has 0 saturated carbocycles. The lowest BCUT2D eigenvalue weighted by Crippen LogP contribution is -2.26. The van der Waals surface area contributed by atoms with Gasteiger partial charge in [0.1, 0.15) is 4.88 Å². The van der Waals surface area contributed by atoms with E-state index in [0.717, 1.165) is 39.5 Å². The van der Waals surface area contributed by atoms with Gasteiger partial charge in [-0.05, 0) is 49.9 Å². The second kappa shape index (κ2) is 8.34. The minimum absolute atomic E-state index is 0.00605. The molecular weight excluding hydrogens is 336 g/mol. The van der Waals surface area contributed by atoms with Crippen LogP contribution in [0, 0.1) is 13.8 Å². The molecule has 0 saturated heterocycles. The highest BCUT2D eigenvalue weighted by Gasteiger charge is 2.20. The smallest absolute Gasteiger partial charge is 0.265 e. The average Bonchev–Trinajstić information content (AvgIpc) is 2.96. The zero-order valence-electron chi connectivity index (χ0n) is 15.8. The van der Waals surface area contributed by atoms with Crippen LogP contribution in [0.25, 0.3) is 0 Å². The minimum Gasteiger partial charge on any atom is -0.493 e. The highest BCUT2D eigenvalue weighted by Crippen LogP contribution is 2.31. The van der Waals surface area contributed by atoms with Crippen molar-refractivity contribution >= 4 is 17.2 Å². The zero-order chi connectivity index (χ0) is 18.6. The Hall–Kier alpha value is -2.08. The molecule has 0 radical (unpaired) electrons. The summed E-state index contributed by atoms with van der Waals surface area (Å²) in [6, 6.07) is 3.86. The number of carbonyl (C=O) groups is 1. The molecular formula is C19H26N2O3S. The number of hydrogen-bond donors (Lipinski definition) is 0. The second-order valence-corrected chi connectivity index (χ2v) is 7.15. The molecule has 0 unspecified atom stereocenters. The summed E-state index contributed by atoms with van der Waals surface area (Å²) in [4.78, 5) is 19.8. The van der Waals surface area contributed by atoms with Crippen LogP contribution in [0.2, 0.25) is 0 Å². The van der Waals surface area contributed by atoms with Crippen molar-refractivity contribution in [1.82, 2.24) is 9.88 Å². The summed E-state index contributed by atoms with van der Waals surface area (Å²) < 4.78 is 10.7. The molecule has 0 spiro atoms. The average molecular weight is 362 g/mol. The summed E-state index contributed by atoms with van der Waals surface area (Å²) in [5.41, 5.74) is 2.91. The third-order valence-corrected chi connectivity index (χ3v) is 5.30. The molecule has 1 aromatic heterocycles. The third kappa shape index (κ3) is 4.31. The van der Waals surface area contributed by atoms with E-state index in [1.807, 2.05) is 33.0 Å². The Balaban J connectivity index is 2.21. The van der Waals surface area contributed by atoms with Gasteiger partial charge >= 0.3 is 0 Å². The summed E-state index contributed by atoms with van der Waals surface area (Å²) in [6.07, 6.45) is 1.94. The van der Waals surface area contributed by atoms with Gasteiger partial charge in [-0.25, -0.2) is 4.98 Å². The Morgan fingerprint density at radius 3 is 2.44 bits per heavy atom. The number of hydrogen-bond acceptors (Lipinski definition) is 5. The first-order valence-electron chi connectivity index (χ1n) is 8.34. The molecule has 0 N–H and O–H groups in total. The SMILES string of the molecule is CCCc1nc(C)c(C(=O)N(C)Cc2cc(OC)c(OC)cc2C)s1. The van der Waals surface area contributed by atoms with Gasteiger partial charge in [0.2, 0.25) is 0 Å². The number of carbonyl (C=O) groups excluding carboxylic acids is 1. The molecule has 0 atom stereocenters. The maximum absolute atomic E-state index is 12.8. The topological polar surface area (TPSA) is 51.7 Å². The van der Waals surface area contributed by atoms with E-state index in [1.165, 1.54) is 11.3 Å². The van der Waals surface area contributed by atoms with E-state index in [2.05, 4.69) is 11.9 Å². The number of benzene rings is 1. The Morgan fingerprint density at radius 1 is 1.20 bits per heavy atom. The molecule has 1 heterocycles. The highest BCUT2D eigenvalue weighted by molar-refractivity contribution is 7.13. The Labute approximate surface area is 153 Å². The summed E-state index contributed by atoms with van der Waals surface area (Å²) in [7, 11) is 5.05. The van der Waals surface area contributed by atoms with Crippen molar-refractivity contribution in [1.29, 1.82) is 0 Å². The van der Waals surface area contributed by atoms with Gasteiger partial charge in [0.05, 0.1) is 24.9 Å². The van der Waals surface area contributed by atoms with E-state index in [1.54, 1.807) is 19.1 Å². The van der Waals surface area contributed by atoms with Crippen molar-refractivity contribution in [3.05, 3.63) is 38.8 Å². The molecule has 0 fully saturated rings. The first-order chi connectivity index (χ1) is 11.9. The van der Waals surface area contributed by atoms with Crippen LogP contribution in [0.4, 0.5) is 0 Å². The number of nitrogens with zero attached hydrogens (tertiary/aromatic N) is 2. The number of amides is 1. The predicted molar refractivity (Wildman–Crippen MR) is 101 cm³/mol. The predicted octanol–water partition coefficient (Wildman–Crippen LogP) is 4.00. The Morgan fingerprint density at radius 2 is 1.84 bits per heavy atom. The largest absolute Gasteiger partial charge is 0.493 e. The maximum atomic E-state index is 12.8. The quantitative estimate of drug-likeness (QED) is 0.747. The molecule has 25 heavy (non-hydrogen) atoms. The molecule has 136 valence electrons. The van der Waals surface area contributed by atoms with Crippen LogP contribution in [-0.4, -0.2) is 37.1 Å². The Kier molecular flexibility index (Phi) is 6.42.